The molecule has 1 aliphatic rings. The minimum absolute atomic E-state index is 0.654. The van der Waals surface area contributed by atoms with E-state index in [1.54, 1.807) is 6.33 Å². The molecule has 4 rings (SSSR count). The number of fused-ring (bicyclic) bond motifs is 1. The van der Waals surface area contributed by atoms with Crippen molar-refractivity contribution in [3.8, 4) is 0 Å². The van der Waals surface area contributed by atoms with Crippen LogP contribution in [-0.2, 0) is 13.5 Å². The summed E-state index contributed by atoms with van der Waals surface area (Å²) in [5.41, 5.74) is 2.74. The second-order valence-electron chi connectivity index (χ2n) is 6.54. The van der Waals surface area contributed by atoms with Crippen LogP contribution in [0.2, 0.25) is 0 Å². The number of hydrogen-bond donors (Lipinski definition) is 1. The predicted molar refractivity (Wildman–Crippen MR) is 91.4 cm³/mol. The third-order valence-corrected chi connectivity index (χ3v) is 5.01. The zero-order chi connectivity index (χ0) is 15.6. The number of aromatic amines is 1. The predicted octanol–water partition coefficient (Wildman–Crippen LogP) is 2.72. The minimum atomic E-state index is 0.654. The Morgan fingerprint density at radius 3 is 3.09 bits per heavy atom. The van der Waals surface area contributed by atoms with Crippen LogP contribution >= 0.6 is 0 Å². The molecule has 23 heavy (non-hydrogen) atoms. The Hall–Kier alpha value is -2.14. The molecule has 0 aliphatic carbocycles. The van der Waals surface area contributed by atoms with E-state index in [-0.39, 0.29) is 0 Å². The Kier molecular flexibility index (Phi) is 3.87. The summed E-state index contributed by atoms with van der Waals surface area (Å²) in [6.45, 7) is 3.51. The van der Waals surface area contributed by atoms with Gasteiger partial charge in [0.15, 0.2) is 0 Å². The van der Waals surface area contributed by atoms with Crippen molar-refractivity contribution in [1.82, 2.24) is 24.6 Å². The summed E-state index contributed by atoms with van der Waals surface area (Å²) in [5.74, 6) is 1.73. The van der Waals surface area contributed by atoms with Crippen LogP contribution < -0.4 is 0 Å². The van der Waals surface area contributed by atoms with Gasteiger partial charge >= 0.3 is 0 Å². The fraction of sp³-hybridized carbons (Fsp3) is 0.444. The molecule has 1 fully saturated rings. The highest BCUT2D eigenvalue weighted by Crippen LogP contribution is 2.32. The maximum Gasteiger partial charge on any atom is 0.132 e. The van der Waals surface area contributed by atoms with Crippen molar-refractivity contribution in [2.75, 3.05) is 19.6 Å². The smallest absolute Gasteiger partial charge is 0.132 e. The minimum Gasteiger partial charge on any atom is -0.361 e. The number of rotatable bonds is 5. The Morgan fingerprint density at radius 1 is 1.30 bits per heavy atom. The second kappa shape index (κ2) is 6.16. The number of para-hydroxylation sites is 1. The van der Waals surface area contributed by atoms with Crippen LogP contribution in [0.15, 0.2) is 36.8 Å². The van der Waals surface area contributed by atoms with E-state index in [4.69, 9.17) is 0 Å². The summed E-state index contributed by atoms with van der Waals surface area (Å²) in [7, 11) is 2.01. The zero-order valence-corrected chi connectivity index (χ0v) is 13.6. The van der Waals surface area contributed by atoms with Gasteiger partial charge < -0.3 is 14.5 Å². The monoisotopic (exact) mass is 309 g/mol. The highest BCUT2D eigenvalue weighted by atomic mass is 15.2. The highest BCUT2D eigenvalue weighted by Gasteiger charge is 2.25. The van der Waals surface area contributed by atoms with E-state index in [2.05, 4.69) is 50.5 Å². The first-order valence-corrected chi connectivity index (χ1v) is 8.42. The molecule has 0 amide bonds. The van der Waals surface area contributed by atoms with Gasteiger partial charge in [0.25, 0.3) is 0 Å². The molecule has 0 radical (unpaired) electrons. The van der Waals surface area contributed by atoms with Crippen LogP contribution in [0.5, 0.6) is 0 Å². The van der Waals surface area contributed by atoms with Gasteiger partial charge in [-0.3, -0.25) is 0 Å². The molecule has 2 aromatic heterocycles. The van der Waals surface area contributed by atoms with Crippen LogP contribution in [0.4, 0.5) is 0 Å². The third kappa shape index (κ3) is 2.88. The number of hydrogen-bond acceptors (Lipinski definition) is 3. The Morgan fingerprint density at radius 2 is 2.22 bits per heavy atom. The van der Waals surface area contributed by atoms with Gasteiger partial charge in [0, 0.05) is 37.1 Å². The molecule has 1 atom stereocenters. The summed E-state index contributed by atoms with van der Waals surface area (Å²) in [4.78, 5) is 6.00. The van der Waals surface area contributed by atoms with E-state index in [0.29, 0.717) is 5.92 Å². The number of nitrogens with one attached hydrogen (secondary N) is 1. The van der Waals surface area contributed by atoms with Gasteiger partial charge in [-0.1, -0.05) is 18.2 Å². The van der Waals surface area contributed by atoms with Crippen molar-refractivity contribution in [2.24, 2.45) is 7.05 Å². The topological polar surface area (TPSA) is 49.7 Å². The molecule has 3 heterocycles. The third-order valence-electron chi connectivity index (χ3n) is 5.01. The molecule has 1 aromatic carbocycles. The van der Waals surface area contributed by atoms with Gasteiger partial charge in [0.1, 0.15) is 12.2 Å². The van der Waals surface area contributed by atoms with Gasteiger partial charge in [0.2, 0.25) is 0 Å². The Labute approximate surface area is 136 Å². The lowest BCUT2D eigenvalue weighted by molar-refractivity contribution is 0.328. The molecule has 1 unspecified atom stereocenters. The van der Waals surface area contributed by atoms with E-state index in [0.717, 1.165) is 25.2 Å². The van der Waals surface area contributed by atoms with E-state index in [9.17, 15) is 0 Å². The van der Waals surface area contributed by atoms with E-state index >= 15 is 0 Å². The second-order valence-corrected chi connectivity index (χ2v) is 6.54. The first-order valence-electron chi connectivity index (χ1n) is 8.42. The van der Waals surface area contributed by atoms with E-state index in [1.807, 2.05) is 11.6 Å². The molecule has 1 N–H and O–H groups in total. The Balaban J connectivity index is 1.35. The Bertz CT molecular complexity index is 787. The molecule has 3 aromatic rings. The standard InChI is InChI=1S/C18H23N5/c1-22-13-20-21-18(22)7-4-9-23-10-8-14(12-23)16-11-19-17-6-3-2-5-15(16)17/h2-3,5-6,11,13-14,19H,4,7-10,12H2,1H3. The first-order chi connectivity index (χ1) is 11.3. The van der Waals surface area contributed by atoms with Crippen molar-refractivity contribution >= 4 is 10.9 Å². The zero-order valence-electron chi connectivity index (χ0n) is 13.6. The normalized spacial score (nSPS) is 18.9. The highest BCUT2D eigenvalue weighted by molar-refractivity contribution is 5.83. The van der Waals surface area contributed by atoms with Crippen molar-refractivity contribution < 1.29 is 0 Å². The molecule has 120 valence electrons. The van der Waals surface area contributed by atoms with Crippen molar-refractivity contribution in [3.05, 3.63) is 48.2 Å². The van der Waals surface area contributed by atoms with Crippen LogP contribution in [0.3, 0.4) is 0 Å². The maximum absolute atomic E-state index is 4.16. The van der Waals surface area contributed by atoms with Gasteiger partial charge in [0.05, 0.1) is 0 Å². The number of H-pyrrole nitrogens is 1. The fourth-order valence-corrected chi connectivity index (χ4v) is 3.72. The average molecular weight is 309 g/mol. The molecule has 0 bridgehead atoms. The summed E-state index contributed by atoms with van der Waals surface area (Å²) >= 11 is 0. The largest absolute Gasteiger partial charge is 0.361 e. The summed E-state index contributed by atoms with van der Waals surface area (Å²) in [5, 5.41) is 9.49. The van der Waals surface area contributed by atoms with Gasteiger partial charge in [-0.15, -0.1) is 10.2 Å². The van der Waals surface area contributed by atoms with E-state index < -0.39 is 0 Å². The lowest BCUT2D eigenvalue weighted by Gasteiger charge is -2.15. The lowest BCUT2D eigenvalue weighted by Crippen LogP contribution is -2.22. The van der Waals surface area contributed by atoms with Crippen molar-refractivity contribution in [1.29, 1.82) is 0 Å². The number of aryl methyl sites for hydroxylation is 2. The van der Waals surface area contributed by atoms with Gasteiger partial charge in [-0.05, 0) is 43.5 Å². The van der Waals surface area contributed by atoms with Gasteiger partial charge in [-0.25, -0.2) is 0 Å². The average Bonchev–Trinajstić information content (AvgIpc) is 3.27. The maximum atomic E-state index is 4.16. The number of nitrogens with zero attached hydrogens (tertiary/aromatic N) is 4. The molecular formula is C18H23N5. The molecule has 5 nitrogen and oxygen atoms in total. The molecule has 0 saturated carbocycles. The molecule has 5 heteroatoms. The van der Waals surface area contributed by atoms with Crippen LogP contribution in [0, 0.1) is 0 Å². The number of benzene rings is 1. The van der Waals surface area contributed by atoms with Crippen molar-refractivity contribution in [2.45, 2.75) is 25.2 Å². The summed E-state index contributed by atoms with van der Waals surface area (Å²) < 4.78 is 2.01. The quantitative estimate of drug-likeness (QED) is 0.788. The first kappa shape index (κ1) is 14.5. The van der Waals surface area contributed by atoms with Gasteiger partial charge in [-0.2, -0.15) is 0 Å². The van der Waals surface area contributed by atoms with Crippen molar-refractivity contribution in [3.63, 3.8) is 0 Å². The molecule has 1 aliphatic heterocycles. The molecule has 0 spiro atoms. The summed E-state index contributed by atoms with van der Waals surface area (Å²) in [6.07, 6.45) is 7.39. The number of likely N-dealkylation sites (tertiary alicyclic amines) is 1. The molecule has 1 saturated heterocycles. The summed E-state index contributed by atoms with van der Waals surface area (Å²) in [6, 6.07) is 8.62. The SMILES string of the molecule is Cn1cnnc1CCCN1CCC(c2c[nH]c3ccccc23)C1. The van der Waals surface area contributed by atoms with Crippen LogP contribution in [0.25, 0.3) is 10.9 Å². The van der Waals surface area contributed by atoms with Crippen LogP contribution in [-0.4, -0.2) is 44.3 Å². The van der Waals surface area contributed by atoms with Crippen LogP contribution in [0.1, 0.15) is 30.1 Å². The lowest BCUT2D eigenvalue weighted by atomic mass is 9.98. The molecular weight excluding hydrogens is 286 g/mol. The van der Waals surface area contributed by atoms with E-state index in [1.165, 1.54) is 36.0 Å². The fourth-order valence-electron chi connectivity index (χ4n) is 3.72. The number of aromatic nitrogens is 4.